The number of benzene rings is 2. The zero-order valence-electron chi connectivity index (χ0n) is 10.5. The second kappa shape index (κ2) is 5.05. The Labute approximate surface area is 107 Å². The molecule has 0 saturated carbocycles. The Bertz CT molecular complexity index is 530. The number of hydrogen-bond acceptors (Lipinski definition) is 2. The summed E-state index contributed by atoms with van der Waals surface area (Å²) in [7, 11) is 0. The lowest BCUT2D eigenvalue weighted by molar-refractivity contribution is 0.0884. The van der Waals surface area contributed by atoms with Gasteiger partial charge in [-0.15, -0.1) is 0 Å². The molecular weight excluding hydrogens is 224 g/mol. The van der Waals surface area contributed by atoms with Crippen molar-refractivity contribution in [1.82, 2.24) is 0 Å². The molecule has 2 rings (SSSR count). The predicted molar refractivity (Wildman–Crippen MR) is 71.7 cm³/mol. The van der Waals surface area contributed by atoms with Crippen LogP contribution in [-0.2, 0) is 15.1 Å². The van der Waals surface area contributed by atoms with Crippen LogP contribution in [0.15, 0.2) is 54.6 Å². The summed E-state index contributed by atoms with van der Waals surface area (Å²) in [6, 6.07) is 18.0. The molecule has 0 saturated heterocycles. The van der Waals surface area contributed by atoms with Gasteiger partial charge in [0.15, 0.2) is 0 Å². The average molecular weight is 239 g/mol. The Morgan fingerprint density at radius 2 is 1.56 bits per heavy atom. The van der Waals surface area contributed by atoms with Gasteiger partial charge in [0.1, 0.15) is 5.60 Å². The summed E-state index contributed by atoms with van der Waals surface area (Å²) >= 11 is 0. The standard InChI is InChI=1S/C16H15O2/c1-16(2,18-12-17)15-11-7-6-10-14(15)13-8-4-3-5-9-13/h3-11H,1-2H3. The molecule has 2 aromatic carbocycles. The molecule has 0 bridgehead atoms. The summed E-state index contributed by atoms with van der Waals surface area (Å²) in [6.07, 6.45) is 0. The largest absolute Gasteiger partial charge is 0.446 e. The first-order chi connectivity index (χ1) is 8.65. The first-order valence-electron chi connectivity index (χ1n) is 5.85. The van der Waals surface area contributed by atoms with Gasteiger partial charge >= 0.3 is 6.47 Å². The molecule has 2 aromatic rings. The highest BCUT2D eigenvalue weighted by Gasteiger charge is 2.25. The fourth-order valence-corrected chi connectivity index (χ4v) is 2.04. The van der Waals surface area contributed by atoms with Gasteiger partial charge in [0.25, 0.3) is 0 Å². The van der Waals surface area contributed by atoms with Crippen LogP contribution in [-0.4, -0.2) is 6.47 Å². The van der Waals surface area contributed by atoms with Crippen LogP contribution in [0.3, 0.4) is 0 Å². The Kier molecular flexibility index (Phi) is 3.47. The van der Waals surface area contributed by atoms with Gasteiger partial charge in [-0.1, -0.05) is 54.6 Å². The van der Waals surface area contributed by atoms with Crippen LogP contribution in [0, 0.1) is 0 Å². The van der Waals surface area contributed by atoms with E-state index in [1.54, 1.807) is 0 Å². The molecule has 0 spiro atoms. The molecule has 0 heterocycles. The van der Waals surface area contributed by atoms with Crippen LogP contribution in [0.4, 0.5) is 0 Å². The Morgan fingerprint density at radius 1 is 0.944 bits per heavy atom. The molecule has 0 aliphatic carbocycles. The summed E-state index contributed by atoms with van der Waals surface area (Å²) in [4.78, 5) is 10.5. The first kappa shape index (κ1) is 12.4. The summed E-state index contributed by atoms with van der Waals surface area (Å²) < 4.78 is 5.07. The Balaban J connectivity index is 2.53. The molecule has 0 unspecified atom stereocenters. The quantitative estimate of drug-likeness (QED) is 0.813. The molecule has 1 radical (unpaired) electrons. The van der Waals surface area contributed by atoms with Gasteiger partial charge in [0.2, 0.25) is 0 Å². The maximum absolute atomic E-state index is 10.5. The van der Waals surface area contributed by atoms with Crippen LogP contribution in [0.1, 0.15) is 19.4 Å². The molecule has 0 amide bonds. The van der Waals surface area contributed by atoms with Crippen molar-refractivity contribution in [3.8, 4) is 11.1 Å². The van der Waals surface area contributed by atoms with E-state index in [2.05, 4.69) is 0 Å². The lowest BCUT2D eigenvalue weighted by Gasteiger charge is -2.25. The summed E-state index contributed by atoms with van der Waals surface area (Å²) in [5.41, 5.74) is 2.46. The minimum atomic E-state index is -0.686. The van der Waals surface area contributed by atoms with E-state index in [-0.39, 0.29) is 0 Å². The highest BCUT2D eigenvalue weighted by molar-refractivity contribution is 5.68. The number of ether oxygens (including phenoxy) is 1. The highest BCUT2D eigenvalue weighted by atomic mass is 16.5. The van der Waals surface area contributed by atoms with Crippen molar-refractivity contribution in [3.05, 3.63) is 60.2 Å². The minimum absolute atomic E-state index is 0.686. The summed E-state index contributed by atoms with van der Waals surface area (Å²) in [5, 5.41) is 0. The van der Waals surface area contributed by atoms with Crippen LogP contribution in [0.25, 0.3) is 11.1 Å². The molecule has 0 fully saturated rings. The lowest BCUT2D eigenvalue weighted by Crippen LogP contribution is -2.21. The fourth-order valence-electron chi connectivity index (χ4n) is 2.04. The second-order valence-electron chi connectivity index (χ2n) is 4.61. The Hall–Kier alpha value is -2.09. The van der Waals surface area contributed by atoms with Crippen LogP contribution in [0.2, 0.25) is 0 Å². The van der Waals surface area contributed by atoms with Gasteiger partial charge in [-0.2, -0.15) is 0 Å². The van der Waals surface area contributed by atoms with Gasteiger partial charge in [-0.25, -0.2) is 4.79 Å². The second-order valence-corrected chi connectivity index (χ2v) is 4.61. The van der Waals surface area contributed by atoms with Gasteiger partial charge < -0.3 is 4.74 Å². The minimum Gasteiger partial charge on any atom is -0.446 e. The smallest absolute Gasteiger partial charge is 0.418 e. The average Bonchev–Trinajstić information content (AvgIpc) is 2.40. The molecule has 0 aliphatic rings. The molecule has 0 atom stereocenters. The van der Waals surface area contributed by atoms with Crippen molar-refractivity contribution < 1.29 is 9.53 Å². The van der Waals surface area contributed by atoms with Crippen LogP contribution in [0.5, 0.6) is 0 Å². The van der Waals surface area contributed by atoms with E-state index in [9.17, 15) is 4.79 Å². The predicted octanol–water partition coefficient (Wildman–Crippen LogP) is 3.67. The van der Waals surface area contributed by atoms with Crippen molar-refractivity contribution >= 4 is 6.47 Å². The van der Waals surface area contributed by atoms with Crippen molar-refractivity contribution in [1.29, 1.82) is 0 Å². The monoisotopic (exact) mass is 239 g/mol. The van der Waals surface area contributed by atoms with E-state index in [1.165, 1.54) is 6.47 Å². The van der Waals surface area contributed by atoms with E-state index < -0.39 is 5.60 Å². The first-order valence-corrected chi connectivity index (χ1v) is 5.85. The molecule has 0 aromatic heterocycles. The van der Waals surface area contributed by atoms with Crippen molar-refractivity contribution in [2.45, 2.75) is 19.4 Å². The number of hydrogen-bond donors (Lipinski definition) is 0. The third-order valence-corrected chi connectivity index (χ3v) is 2.96. The molecule has 18 heavy (non-hydrogen) atoms. The van der Waals surface area contributed by atoms with Crippen molar-refractivity contribution in [3.63, 3.8) is 0 Å². The number of rotatable bonds is 4. The van der Waals surface area contributed by atoms with E-state index in [0.29, 0.717) is 0 Å². The Morgan fingerprint density at radius 3 is 2.22 bits per heavy atom. The maximum Gasteiger partial charge on any atom is 0.418 e. The normalized spacial score (nSPS) is 11.0. The molecule has 2 nitrogen and oxygen atoms in total. The van der Waals surface area contributed by atoms with Gasteiger partial charge in [-0.05, 0) is 25.0 Å². The number of carbonyl (C=O) groups excluding carboxylic acids is 1. The third-order valence-electron chi connectivity index (χ3n) is 2.96. The van der Waals surface area contributed by atoms with Crippen molar-refractivity contribution in [2.75, 3.05) is 0 Å². The highest BCUT2D eigenvalue weighted by Crippen LogP contribution is 2.33. The topological polar surface area (TPSA) is 26.3 Å². The summed E-state index contributed by atoms with van der Waals surface area (Å²) in [5.74, 6) is 0. The third kappa shape index (κ3) is 2.43. The maximum atomic E-state index is 10.5. The van der Waals surface area contributed by atoms with E-state index >= 15 is 0 Å². The lowest BCUT2D eigenvalue weighted by atomic mass is 9.89. The molecule has 2 heteroatoms. The molecular formula is C16H15O2. The van der Waals surface area contributed by atoms with Gasteiger partial charge in [0.05, 0.1) is 0 Å². The van der Waals surface area contributed by atoms with Gasteiger partial charge in [-0.3, -0.25) is 0 Å². The molecule has 91 valence electrons. The van der Waals surface area contributed by atoms with Gasteiger partial charge in [0, 0.05) is 5.56 Å². The molecule has 0 N–H and O–H groups in total. The zero-order valence-corrected chi connectivity index (χ0v) is 10.5. The van der Waals surface area contributed by atoms with E-state index in [1.807, 2.05) is 68.4 Å². The van der Waals surface area contributed by atoms with Crippen LogP contribution >= 0.6 is 0 Å². The van der Waals surface area contributed by atoms with E-state index in [0.717, 1.165) is 16.7 Å². The SMILES string of the molecule is CC(C)(O[C]=O)c1ccccc1-c1ccccc1. The fraction of sp³-hybridized carbons (Fsp3) is 0.188. The summed E-state index contributed by atoms with van der Waals surface area (Å²) in [6.45, 7) is 5.26. The van der Waals surface area contributed by atoms with E-state index in [4.69, 9.17) is 4.74 Å². The van der Waals surface area contributed by atoms with Crippen molar-refractivity contribution in [2.24, 2.45) is 0 Å². The zero-order chi connectivity index (χ0) is 13.0. The van der Waals surface area contributed by atoms with Crippen LogP contribution < -0.4 is 0 Å². The molecule has 0 aliphatic heterocycles.